The summed E-state index contributed by atoms with van der Waals surface area (Å²) in [5, 5.41) is 16.2. The van der Waals surface area contributed by atoms with Crippen molar-refractivity contribution in [3.63, 3.8) is 0 Å². The van der Waals surface area contributed by atoms with Crippen LogP contribution < -0.4 is 10.9 Å². The van der Waals surface area contributed by atoms with Gasteiger partial charge in [-0.25, -0.2) is 4.98 Å². The Balaban J connectivity index is 1.70. The molecule has 3 aromatic heterocycles. The molecule has 3 heterocycles. The van der Waals surface area contributed by atoms with Crippen molar-refractivity contribution in [1.82, 2.24) is 14.7 Å². The minimum absolute atomic E-state index is 0.00840. The van der Waals surface area contributed by atoms with E-state index in [1.807, 2.05) is 16.8 Å². The lowest BCUT2D eigenvalue weighted by Crippen LogP contribution is -2.35. The van der Waals surface area contributed by atoms with Crippen LogP contribution in [0.2, 0.25) is 0 Å². The first kappa shape index (κ1) is 16.4. The molecule has 0 fully saturated rings. The zero-order chi connectivity index (χ0) is 16.9. The molecular formula is C17H17N3O3S. The molecule has 3 aromatic rings. The van der Waals surface area contributed by atoms with E-state index in [2.05, 4.69) is 10.3 Å². The van der Waals surface area contributed by atoms with Crippen molar-refractivity contribution in [2.45, 2.75) is 6.42 Å². The van der Waals surface area contributed by atoms with Crippen LogP contribution in [0.3, 0.4) is 0 Å². The van der Waals surface area contributed by atoms with Gasteiger partial charge in [-0.15, -0.1) is 0 Å². The van der Waals surface area contributed by atoms with Gasteiger partial charge in [0, 0.05) is 31.5 Å². The van der Waals surface area contributed by atoms with Gasteiger partial charge in [0.1, 0.15) is 11.2 Å². The smallest absolute Gasteiger partial charge is 0.270 e. The number of hydrogen-bond donors (Lipinski definition) is 2. The fourth-order valence-electron chi connectivity index (χ4n) is 2.46. The SMILES string of the molecule is O=C(NC[C@@H](CO)Cc1ccsc1)c1cnc2ccccn2c1=O. The lowest BCUT2D eigenvalue weighted by atomic mass is 10.0. The Morgan fingerprint density at radius 2 is 2.25 bits per heavy atom. The maximum absolute atomic E-state index is 12.4. The Hall–Kier alpha value is -2.51. The van der Waals surface area contributed by atoms with Gasteiger partial charge < -0.3 is 10.4 Å². The van der Waals surface area contributed by atoms with Gasteiger partial charge in [-0.2, -0.15) is 11.3 Å². The van der Waals surface area contributed by atoms with Crippen molar-refractivity contribution in [3.8, 4) is 0 Å². The number of rotatable bonds is 6. The van der Waals surface area contributed by atoms with Crippen LogP contribution in [0.25, 0.3) is 5.65 Å². The normalized spacial score (nSPS) is 12.2. The average molecular weight is 343 g/mol. The van der Waals surface area contributed by atoms with E-state index in [4.69, 9.17) is 0 Å². The van der Waals surface area contributed by atoms with Crippen molar-refractivity contribution in [2.75, 3.05) is 13.2 Å². The standard InChI is InChI=1S/C17H17N3O3S/c21-10-13(7-12-4-6-24-11-12)8-19-16(22)14-9-18-15-3-1-2-5-20(15)17(14)23/h1-6,9,11,13,21H,7-8,10H2,(H,19,22)/t13-/m0/s1. The van der Waals surface area contributed by atoms with Gasteiger partial charge in [0.15, 0.2) is 0 Å². The van der Waals surface area contributed by atoms with Crippen LogP contribution in [0.4, 0.5) is 0 Å². The van der Waals surface area contributed by atoms with E-state index in [9.17, 15) is 14.7 Å². The predicted molar refractivity (Wildman–Crippen MR) is 92.4 cm³/mol. The third-order valence-corrected chi connectivity index (χ3v) is 4.50. The minimum atomic E-state index is -0.477. The molecule has 0 spiro atoms. The molecule has 7 heteroatoms. The van der Waals surface area contributed by atoms with E-state index < -0.39 is 11.5 Å². The van der Waals surface area contributed by atoms with Crippen molar-refractivity contribution in [3.05, 3.63) is 68.9 Å². The number of aliphatic hydroxyl groups is 1. The Kier molecular flexibility index (Phi) is 5.02. The molecule has 0 aromatic carbocycles. The maximum atomic E-state index is 12.4. The van der Waals surface area contributed by atoms with Crippen molar-refractivity contribution < 1.29 is 9.90 Å². The zero-order valence-electron chi connectivity index (χ0n) is 12.9. The summed E-state index contributed by atoms with van der Waals surface area (Å²) in [4.78, 5) is 28.8. The number of aromatic nitrogens is 2. The van der Waals surface area contributed by atoms with Crippen LogP contribution in [0.15, 0.2) is 52.2 Å². The number of aliphatic hydroxyl groups excluding tert-OH is 1. The van der Waals surface area contributed by atoms with Crippen LogP contribution in [0.1, 0.15) is 15.9 Å². The summed E-state index contributed by atoms with van der Waals surface area (Å²) in [5.74, 6) is -0.575. The quantitative estimate of drug-likeness (QED) is 0.707. The topological polar surface area (TPSA) is 83.7 Å². The summed E-state index contributed by atoms with van der Waals surface area (Å²) in [6, 6.07) is 7.18. The zero-order valence-corrected chi connectivity index (χ0v) is 13.7. The number of fused-ring (bicyclic) bond motifs is 1. The first-order valence-electron chi connectivity index (χ1n) is 7.55. The number of carbonyl (C=O) groups is 1. The van der Waals surface area contributed by atoms with Crippen LogP contribution in [0.5, 0.6) is 0 Å². The largest absolute Gasteiger partial charge is 0.396 e. The molecule has 124 valence electrons. The lowest BCUT2D eigenvalue weighted by Gasteiger charge is -2.14. The predicted octanol–water partition coefficient (Wildman–Crippen LogP) is 1.34. The van der Waals surface area contributed by atoms with Crippen LogP contribution in [-0.2, 0) is 6.42 Å². The Bertz CT molecular complexity index is 889. The highest BCUT2D eigenvalue weighted by Gasteiger charge is 2.15. The number of pyridine rings is 1. The summed E-state index contributed by atoms with van der Waals surface area (Å²) in [6.45, 7) is 0.257. The van der Waals surface area contributed by atoms with E-state index in [1.165, 1.54) is 10.6 Å². The highest BCUT2D eigenvalue weighted by Crippen LogP contribution is 2.12. The fraction of sp³-hybridized carbons (Fsp3) is 0.235. The van der Waals surface area contributed by atoms with Gasteiger partial charge in [-0.1, -0.05) is 6.07 Å². The molecule has 0 aliphatic heterocycles. The van der Waals surface area contributed by atoms with E-state index in [0.717, 1.165) is 5.56 Å². The lowest BCUT2D eigenvalue weighted by molar-refractivity contribution is 0.0938. The van der Waals surface area contributed by atoms with E-state index in [1.54, 1.807) is 35.7 Å². The maximum Gasteiger partial charge on any atom is 0.270 e. The van der Waals surface area contributed by atoms with Gasteiger partial charge in [0.2, 0.25) is 0 Å². The minimum Gasteiger partial charge on any atom is -0.396 e. The molecule has 0 aliphatic rings. The molecule has 6 nitrogen and oxygen atoms in total. The summed E-state index contributed by atoms with van der Waals surface area (Å²) < 4.78 is 1.34. The monoisotopic (exact) mass is 343 g/mol. The molecule has 0 radical (unpaired) electrons. The van der Waals surface area contributed by atoms with E-state index in [-0.39, 0.29) is 18.1 Å². The molecule has 1 amide bonds. The van der Waals surface area contributed by atoms with E-state index in [0.29, 0.717) is 18.6 Å². The van der Waals surface area contributed by atoms with Crippen molar-refractivity contribution >= 4 is 22.9 Å². The number of hydrogen-bond acceptors (Lipinski definition) is 5. The Morgan fingerprint density at radius 3 is 3.00 bits per heavy atom. The first-order valence-corrected chi connectivity index (χ1v) is 8.50. The summed E-state index contributed by atoms with van der Waals surface area (Å²) in [5.41, 5.74) is 1.20. The highest BCUT2D eigenvalue weighted by atomic mass is 32.1. The molecule has 2 N–H and O–H groups in total. The number of thiophene rings is 1. The third kappa shape index (κ3) is 3.52. The summed E-state index contributed by atoms with van der Waals surface area (Å²) in [6.07, 6.45) is 3.55. The van der Waals surface area contributed by atoms with Crippen molar-refractivity contribution in [2.24, 2.45) is 5.92 Å². The molecular weight excluding hydrogens is 326 g/mol. The highest BCUT2D eigenvalue weighted by molar-refractivity contribution is 7.07. The third-order valence-electron chi connectivity index (χ3n) is 3.77. The van der Waals surface area contributed by atoms with Gasteiger partial charge in [0.05, 0.1) is 0 Å². The van der Waals surface area contributed by atoms with Gasteiger partial charge in [-0.3, -0.25) is 14.0 Å². The number of nitrogens with one attached hydrogen (secondary N) is 1. The number of carbonyl (C=O) groups excluding carboxylic acids is 1. The molecule has 0 aliphatic carbocycles. The second-order valence-electron chi connectivity index (χ2n) is 5.50. The summed E-state index contributed by atoms with van der Waals surface area (Å²) in [7, 11) is 0. The van der Waals surface area contributed by atoms with Crippen molar-refractivity contribution in [1.29, 1.82) is 0 Å². The second-order valence-corrected chi connectivity index (χ2v) is 6.28. The number of amides is 1. The molecule has 0 saturated heterocycles. The molecule has 0 unspecified atom stereocenters. The van der Waals surface area contributed by atoms with Crippen LogP contribution >= 0.6 is 11.3 Å². The average Bonchev–Trinajstić information content (AvgIpc) is 3.12. The molecule has 1 atom stereocenters. The Labute approximate surface area is 142 Å². The van der Waals surface area contributed by atoms with Gasteiger partial charge in [-0.05, 0) is 40.9 Å². The number of nitrogens with zero attached hydrogens (tertiary/aromatic N) is 2. The van der Waals surface area contributed by atoms with Gasteiger partial charge >= 0.3 is 0 Å². The molecule has 24 heavy (non-hydrogen) atoms. The molecule has 0 saturated carbocycles. The Morgan fingerprint density at radius 1 is 1.38 bits per heavy atom. The molecule has 3 rings (SSSR count). The first-order chi connectivity index (χ1) is 11.7. The van der Waals surface area contributed by atoms with Crippen LogP contribution in [0, 0.1) is 5.92 Å². The summed E-state index contributed by atoms with van der Waals surface area (Å²) >= 11 is 1.60. The van der Waals surface area contributed by atoms with E-state index >= 15 is 0 Å². The molecule has 0 bridgehead atoms. The second kappa shape index (κ2) is 7.37. The van der Waals surface area contributed by atoms with Gasteiger partial charge in [0.25, 0.3) is 11.5 Å². The fourth-order valence-corrected chi connectivity index (χ4v) is 3.14. The van der Waals surface area contributed by atoms with Crippen LogP contribution in [-0.4, -0.2) is 33.6 Å².